The van der Waals surface area contributed by atoms with E-state index in [4.69, 9.17) is 15.2 Å². The summed E-state index contributed by atoms with van der Waals surface area (Å²) in [5.74, 6) is 2.48. The van der Waals surface area contributed by atoms with Crippen LogP contribution in [0.25, 0.3) is 0 Å². The van der Waals surface area contributed by atoms with Crippen LogP contribution < -0.4 is 10.5 Å². The molecule has 0 aliphatic heterocycles. The number of carbonyl (C=O) groups is 2. The fourth-order valence-corrected chi connectivity index (χ4v) is 9.73. The van der Waals surface area contributed by atoms with Crippen LogP contribution in [0.5, 0.6) is 5.75 Å². The number of carbonyl (C=O) groups excluding carboxylic acids is 2. The minimum Gasteiger partial charge on any atom is -0.431 e. The molecule has 40 heavy (non-hydrogen) atoms. The Morgan fingerprint density at radius 3 is 2.42 bits per heavy atom. The van der Waals surface area contributed by atoms with Crippen molar-refractivity contribution in [3.63, 3.8) is 0 Å². The lowest BCUT2D eigenvalue weighted by Crippen LogP contribution is -2.58. The van der Waals surface area contributed by atoms with E-state index in [1.165, 1.54) is 24.3 Å². The molecule has 5 rings (SSSR count). The van der Waals surface area contributed by atoms with Crippen molar-refractivity contribution in [1.29, 1.82) is 0 Å². The van der Waals surface area contributed by atoms with Crippen LogP contribution in [0.2, 0.25) is 0 Å². The average molecular weight is 557 g/mol. The second-order valence-electron chi connectivity index (χ2n) is 13.6. The summed E-state index contributed by atoms with van der Waals surface area (Å²) in [5, 5.41) is 22.4. The van der Waals surface area contributed by atoms with Crippen molar-refractivity contribution in [2.45, 2.75) is 97.2 Å². The van der Waals surface area contributed by atoms with E-state index in [1.54, 1.807) is 0 Å². The Labute approximate surface area is 236 Å². The predicted octanol–water partition coefficient (Wildman–Crippen LogP) is 6.01. The van der Waals surface area contributed by atoms with E-state index < -0.39 is 11.1 Å². The third-order valence-corrected chi connectivity index (χ3v) is 11.8. The number of nitro groups is 1. The molecule has 0 radical (unpaired) electrons. The monoisotopic (exact) mass is 556 g/mol. The smallest absolute Gasteiger partial charge is 0.431 e. The molecular formula is C31H44N2O7. The summed E-state index contributed by atoms with van der Waals surface area (Å²) >= 11 is 0. The highest BCUT2D eigenvalue weighted by Gasteiger charge is 2.63. The SMILES string of the molecule is C[C@H](CCC(N)=O)[C@H]1CC[C@H]2[C@@H]3[C@H](O)C[C@@H]4C[C@H](OC(=O)Oc5ccc([N+](=O)[O-])cc5)CC[C@]4(C)[C@H]3CC[C@]12C. The van der Waals surface area contributed by atoms with Crippen LogP contribution >= 0.6 is 0 Å². The van der Waals surface area contributed by atoms with E-state index in [0.717, 1.165) is 51.4 Å². The molecule has 4 saturated carbocycles. The molecule has 1 aromatic carbocycles. The predicted molar refractivity (Wildman–Crippen MR) is 148 cm³/mol. The largest absolute Gasteiger partial charge is 0.514 e. The van der Waals surface area contributed by atoms with Crippen LogP contribution in [0, 0.1) is 56.5 Å². The molecule has 0 aromatic heterocycles. The average Bonchev–Trinajstić information content (AvgIpc) is 3.25. The highest BCUT2D eigenvalue weighted by atomic mass is 16.7. The molecule has 10 atom stereocenters. The van der Waals surface area contributed by atoms with Crippen molar-refractivity contribution in [3.05, 3.63) is 34.4 Å². The minimum atomic E-state index is -0.799. The van der Waals surface area contributed by atoms with Crippen molar-refractivity contribution in [2.24, 2.45) is 52.1 Å². The van der Waals surface area contributed by atoms with Gasteiger partial charge in [-0.1, -0.05) is 20.8 Å². The van der Waals surface area contributed by atoms with Gasteiger partial charge >= 0.3 is 6.16 Å². The number of benzene rings is 1. The Balaban J connectivity index is 1.22. The third kappa shape index (κ3) is 5.21. The number of nitro benzene ring substituents is 1. The zero-order valence-electron chi connectivity index (χ0n) is 23.9. The second-order valence-corrected chi connectivity index (χ2v) is 13.6. The van der Waals surface area contributed by atoms with Gasteiger partial charge in [0, 0.05) is 18.6 Å². The van der Waals surface area contributed by atoms with E-state index in [2.05, 4.69) is 20.8 Å². The first-order chi connectivity index (χ1) is 18.9. The van der Waals surface area contributed by atoms with Gasteiger partial charge in [0.25, 0.3) is 5.69 Å². The van der Waals surface area contributed by atoms with E-state index in [9.17, 15) is 24.8 Å². The van der Waals surface area contributed by atoms with Crippen molar-refractivity contribution >= 4 is 17.7 Å². The van der Waals surface area contributed by atoms with Gasteiger partial charge in [0.2, 0.25) is 5.91 Å². The molecule has 0 saturated heterocycles. The first-order valence-electron chi connectivity index (χ1n) is 15.0. The number of hydrogen-bond acceptors (Lipinski definition) is 7. The Bertz CT molecular complexity index is 1130. The van der Waals surface area contributed by atoms with Gasteiger partial charge in [-0.15, -0.1) is 0 Å². The maximum absolute atomic E-state index is 12.5. The highest BCUT2D eigenvalue weighted by molar-refractivity contribution is 5.73. The van der Waals surface area contributed by atoms with Gasteiger partial charge < -0.3 is 20.3 Å². The lowest BCUT2D eigenvalue weighted by atomic mass is 9.43. The van der Waals surface area contributed by atoms with Crippen LogP contribution in [0.3, 0.4) is 0 Å². The van der Waals surface area contributed by atoms with Gasteiger partial charge in [-0.3, -0.25) is 14.9 Å². The quantitative estimate of drug-likeness (QED) is 0.181. The number of hydrogen-bond donors (Lipinski definition) is 2. The number of ether oxygens (including phenoxy) is 2. The Morgan fingerprint density at radius 2 is 1.75 bits per heavy atom. The molecule has 1 amide bonds. The molecule has 4 aliphatic carbocycles. The first-order valence-corrected chi connectivity index (χ1v) is 15.0. The number of nitrogens with zero attached hydrogens (tertiary/aromatic N) is 1. The second kappa shape index (κ2) is 11.0. The molecule has 0 bridgehead atoms. The summed E-state index contributed by atoms with van der Waals surface area (Å²) in [5.41, 5.74) is 5.66. The van der Waals surface area contributed by atoms with Crippen molar-refractivity contribution < 1.29 is 29.1 Å². The zero-order chi connectivity index (χ0) is 28.8. The molecule has 4 aliphatic rings. The van der Waals surface area contributed by atoms with Gasteiger partial charge in [-0.05, 0) is 116 Å². The van der Waals surface area contributed by atoms with Crippen molar-refractivity contribution in [2.75, 3.05) is 0 Å². The summed E-state index contributed by atoms with van der Waals surface area (Å²) in [6.45, 7) is 7.11. The van der Waals surface area contributed by atoms with Gasteiger partial charge in [-0.2, -0.15) is 0 Å². The lowest BCUT2D eigenvalue weighted by molar-refractivity contribution is -0.384. The maximum Gasteiger partial charge on any atom is 0.514 e. The molecular weight excluding hydrogens is 512 g/mol. The van der Waals surface area contributed by atoms with Gasteiger partial charge in [0.15, 0.2) is 0 Å². The van der Waals surface area contributed by atoms with Gasteiger partial charge in [-0.25, -0.2) is 4.79 Å². The standard InChI is InChI=1S/C31H44N2O7/c1-18(4-11-27(32)35)23-9-10-24-28-25(13-15-31(23,24)3)30(2)14-12-22(16-19(30)17-26(28)34)40-29(36)39-21-7-5-20(6-8-21)33(37)38/h5-8,18-19,22-26,28,34H,4,9-17H2,1-3H3,(H2,32,35)/t18-,19+,22-,23-,24+,25+,26-,28+,30+,31-/m1/s1. The number of fused-ring (bicyclic) bond motifs is 5. The summed E-state index contributed by atoms with van der Waals surface area (Å²) < 4.78 is 11.0. The molecule has 3 N–H and O–H groups in total. The fourth-order valence-electron chi connectivity index (χ4n) is 9.73. The number of nitrogens with two attached hydrogens (primary N) is 1. The summed E-state index contributed by atoms with van der Waals surface area (Å²) in [7, 11) is 0. The summed E-state index contributed by atoms with van der Waals surface area (Å²) in [6, 6.07) is 5.35. The van der Waals surface area contributed by atoms with Gasteiger partial charge in [0.1, 0.15) is 11.9 Å². The molecule has 9 nitrogen and oxygen atoms in total. The molecule has 1 aromatic rings. The number of aliphatic hydroxyl groups is 1. The Hall–Kier alpha value is -2.68. The number of non-ortho nitro benzene ring substituents is 1. The number of aliphatic hydroxyl groups excluding tert-OH is 1. The zero-order valence-corrected chi connectivity index (χ0v) is 23.9. The van der Waals surface area contributed by atoms with Crippen LogP contribution in [0.15, 0.2) is 24.3 Å². The molecule has 0 unspecified atom stereocenters. The number of amides is 1. The number of rotatable bonds is 7. The van der Waals surface area contributed by atoms with Crippen LogP contribution in [0.1, 0.15) is 85.0 Å². The maximum atomic E-state index is 12.5. The van der Waals surface area contributed by atoms with E-state index in [0.29, 0.717) is 36.5 Å². The van der Waals surface area contributed by atoms with Crippen LogP contribution in [0.4, 0.5) is 10.5 Å². The fraction of sp³-hybridized carbons (Fsp3) is 0.742. The lowest BCUT2D eigenvalue weighted by Gasteiger charge is -2.62. The Morgan fingerprint density at radius 1 is 1.07 bits per heavy atom. The minimum absolute atomic E-state index is 0.0739. The van der Waals surface area contributed by atoms with E-state index in [-0.39, 0.29) is 52.2 Å². The van der Waals surface area contributed by atoms with Crippen molar-refractivity contribution in [3.8, 4) is 5.75 Å². The third-order valence-electron chi connectivity index (χ3n) is 11.8. The van der Waals surface area contributed by atoms with E-state index in [1.807, 2.05) is 0 Å². The van der Waals surface area contributed by atoms with E-state index >= 15 is 0 Å². The van der Waals surface area contributed by atoms with Crippen LogP contribution in [-0.2, 0) is 9.53 Å². The normalized spacial score (nSPS) is 39.2. The van der Waals surface area contributed by atoms with Crippen molar-refractivity contribution in [1.82, 2.24) is 0 Å². The first kappa shape index (κ1) is 28.8. The van der Waals surface area contributed by atoms with Crippen LogP contribution in [-0.4, -0.2) is 34.3 Å². The topological polar surface area (TPSA) is 142 Å². The molecule has 9 heteroatoms. The molecule has 4 fully saturated rings. The summed E-state index contributed by atoms with van der Waals surface area (Å²) in [4.78, 5) is 34.3. The molecule has 0 spiro atoms. The number of primary amides is 1. The molecule has 0 heterocycles. The molecule has 220 valence electrons. The Kier molecular flexibility index (Phi) is 7.89. The summed E-state index contributed by atoms with van der Waals surface area (Å²) in [6.07, 6.45) is 7.54. The highest BCUT2D eigenvalue weighted by Crippen LogP contribution is 2.68. The van der Waals surface area contributed by atoms with Gasteiger partial charge in [0.05, 0.1) is 11.0 Å².